The quantitative estimate of drug-likeness (QED) is 0.662. The number of nitrogens with one attached hydrogen (secondary N) is 1. The number of nitrogens with two attached hydrogens (primary N) is 1. The van der Waals surface area contributed by atoms with Crippen molar-refractivity contribution in [2.75, 3.05) is 0 Å². The van der Waals surface area contributed by atoms with Gasteiger partial charge in [0.1, 0.15) is 18.2 Å². The minimum Gasteiger partial charge on any atom is -0.488 e. The highest BCUT2D eigenvalue weighted by Gasteiger charge is 2.08. The maximum atomic E-state index is 7.53. The minimum absolute atomic E-state index is 0.0311. The molecule has 0 bridgehead atoms. The van der Waals surface area contributed by atoms with Crippen LogP contribution in [-0.2, 0) is 6.61 Å². The first kappa shape index (κ1) is 13.4. The zero-order valence-electron chi connectivity index (χ0n) is 10.6. The van der Waals surface area contributed by atoms with Gasteiger partial charge in [-0.05, 0) is 36.2 Å². The fourth-order valence-electron chi connectivity index (χ4n) is 1.77. The maximum absolute atomic E-state index is 7.53. The van der Waals surface area contributed by atoms with Crippen LogP contribution in [0.2, 0.25) is 5.02 Å². The molecule has 0 saturated carbocycles. The molecule has 0 aliphatic heterocycles. The highest BCUT2D eigenvalue weighted by molar-refractivity contribution is 6.30. The Balaban J connectivity index is 2.22. The summed E-state index contributed by atoms with van der Waals surface area (Å²) in [4.78, 5) is 0. The van der Waals surface area contributed by atoms with Gasteiger partial charge in [0.15, 0.2) is 0 Å². The van der Waals surface area contributed by atoms with E-state index in [1.807, 2.05) is 31.2 Å². The van der Waals surface area contributed by atoms with Gasteiger partial charge in [0.2, 0.25) is 0 Å². The molecule has 0 unspecified atom stereocenters. The number of halogens is 1. The molecule has 98 valence electrons. The second kappa shape index (κ2) is 5.76. The lowest BCUT2D eigenvalue weighted by molar-refractivity contribution is 0.305. The first-order valence-electron chi connectivity index (χ1n) is 5.89. The van der Waals surface area contributed by atoms with E-state index in [2.05, 4.69) is 0 Å². The molecule has 0 aromatic heterocycles. The first-order chi connectivity index (χ1) is 9.08. The van der Waals surface area contributed by atoms with Crippen LogP contribution < -0.4 is 10.5 Å². The fourth-order valence-corrected chi connectivity index (χ4v) is 1.93. The monoisotopic (exact) mass is 274 g/mol. The molecular weight excluding hydrogens is 260 g/mol. The number of hydrogen-bond donors (Lipinski definition) is 2. The van der Waals surface area contributed by atoms with Gasteiger partial charge in [-0.25, -0.2) is 0 Å². The zero-order valence-corrected chi connectivity index (χ0v) is 11.4. The summed E-state index contributed by atoms with van der Waals surface area (Å²) in [6, 6.07) is 13.1. The van der Waals surface area contributed by atoms with Gasteiger partial charge in [-0.2, -0.15) is 0 Å². The summed E-state index contributed by atoms with van der Waals surface area (Å²) in [5.74, 6) is 0.500. The number of ether oxygens (including phenoxy) is 1. The summed E-state index contributed by atoms with van der Waals surface area (Å²) in [6.45, 7) is 2.45. The van der Waals surface area contributed by atoms with Gasteiger partial charge < -0.3 is 10.5 Å². The third-order valence-corrected chi connectivity index (χ3v) is 3.11. The molecule has 0 atom stereocenters. The summed E-state index contributed by atoms with van der Waals surface area (Å²) in [5.41, 5.74) is 8.33. The van der Waals surface area contributed by atoms with Gasteiger partial charge in [0.25, 0.3) is 0 Å². The lowest BCUT2D eigenvalue weighted by atomic mass is 10.1. The summed E-state index contributed by atoms with van der Waals surface area (Å²) >= 11 is 5.94. The van der Waals surface area contributed by atoms with Gasteiger partial charge in [-0.15, -0.1) is 0 Å². The van der Waals surface area contributed by atoms with Crippen LogP contribution in [0.25, 0.3) is 0 Å². The molecule has 2 rings (SSSR count). The van der Waals surface area contributed by atoms with E-state index in [1.54, 1.807) is 18.2 Å². The lowest BCUT2D eigenvalue weighted by Gasteiger charge is -2.12. The summed E-state index contributed by atoms with van der Waals surface area (Å²) in [6.07, 6.45) is 0. The van der Waals surface area contributed by atoms with Gasteiger partial charge in [0, 0.05) is 5.02 Å². The number of hydrogen-bond acceptors (Lipinski definition) is 2. The van der Waals surface area contributed by atoms with E-state index in [0.29, 0.717) is 22.9 Å². The molecule has 0 radical (unpaired) electrons. The molecular formula is C15H15ClN2O. The SMILES string of the molecule is Cc1ccccc1COc1cc(Cl)ccc1C(=N)N. The molecule has 0 aliphatic carbocycles. The topological polar surface area (TPSA) is 59.1 Å². The molecule has 3 N–H and O–H groups in total. The van der Waals surface area contributed by atoms with Crippen molar-refractivity contribution in [1.82, 2.24) is 0 Å². The van der Waals surface area contributed by atoms with Gasteiger partial charge in [0.05, 0.1) is 5.56 Å². The van der Waals surface area contributed by atoms with Crippen molar-refractivity contribution < 1.29 is 4.74 Å². The van der Waals surface area contributed by atoms with E-state index in [0.717, 1.165) is 11.1 Å². The second-order valence-electron chi connectivity index (χ2n) is 4.27. The van der Waals surface area contributed by atoms with Gasteiger partial charge >= 0.3 is 0 Å². The Labute approximate surface area is 117 Å². The smallest absolute Gasteiger partial charge is 0.132 e. The predicted molar refractivity (Wildman–Crippen MR) is 78.0 cm³/mol. The standard InChI is InChI=1S/C15H15ClN2O/c1-10-4-2-3-5-11(10)9-19-14-8-12(16)6-7-13(14)15(17)18/h2-8H,9H2,1H3,(H3,17,18). The van der Waals surface area contributed by atoms with Crippen LogP contribution in [-0.4, -0.2) is 5.84 Å². The van der Waals surface area contributed by atoms with Crippen molar-refractivity contribution in [1.29, 1.82) is 5.41 Å². The normalized spacial score (nSPS) is 10.2. The Morgan fingerprint density at radius 1 is 1.26 bits per heavy atom. The van der Waals surface area contributed by atoms with E-state index < -0.39 is 0 Å². The highest BCUT2D eigenvalue weighted by Crippen LogP contribution is 2.24. The van der Waals surface area contributed by atoms with Crippen LogP contribution in [0, 0.1) is 12.3 Å². The van der Waals surface area contributed by atoms with E-state index in [1.165, 1.54) is 0 Å². The molecule has 2 aromatic carbocycles. The van der Waals surface area contributed by atoms with Crippen LogP contribution >= 0.6 is 11.6 Å². The van der Waals surface area contributed by atoms with E-state index >= 15 is 0 Å². The number of rotatable bonds is 4. The molecule has 0 aliphatic rings. The minimum atomic E-state index is -0.0311. The number of benzene rings is 2. The van der Waals surface area contributed by atoms with Crippen LogP contribution in [0.15, 0.2) is 42.5 Å². The largest absolute Gasteiger partial charge is 0.488 e. The second-order valence-corrected chi connectivity index (χ2v) is 4.71. The van der Waals surface area contributed by atoms with E-state index in [-0.39, 0.29) is 5.84 Å². The third-order valence-electron chi connectivity index (χ3n) is 2.88. The molecule has 19 heavy (non-hydrogen) atoms. The van der Waals surface area contributed by atoms with Crippen LogP contribution in [0.3, 0.4) is 0 Å². The molecule has 0 spiro atoms. The summed E-state index contributed by atoms with van der Waals surface area (Å²) in [7, 11) is 0. The maximum Gasteiger partial charge on any atom is 0.132 e. The van der Waals surface area contributed by atoms with Crippen molar-refractivity contribution in [2.24, 2.45) is 5.73 Å². The fraction of sp³-hybridized carbons (Fsp3) is 0.133. The van der Waals surface area contributed by atoms with Crippen LogP contribution in [0.4, 0.5) is 0 Å². The molecule has 0 amide bonds. The Hall–Kier alpha value is -2.00. The third kappa shape index (κ3) is 3.26. The lowest BCUT2D eigenvalue weighted by Crippen LogP contribution is -2.13. The van der Waals surface area contributed by atoms with Crippen molar-refractivity contribution >= 4 is 17.4 Å². The molecule has 2 aromatic rings. The predicted octanol–water partition coefficient (Wildman–Crippen LogP) is 3.51. The van der Waals surface area contributed by atoms with Crippen LogP contribution in [0.5, 0.6) is 5.75 Å². The summed E-state index contributed by atoms with van der Waals surface area (Å²) in [5, 5.41) is 8.09. The molecule has 0 heterocycles. The summed E-state index contributed by atoms with van der Waals surface area (Å²) < 4.78 is 5.74. The number of aryl methyl sites for hydroxylation is 1. The average molecular weight is 275 g/mol. The average Bonchev–Trinajstić information content (AvgIpc) is 2.37. The Morgan fingerprint density at radius 2 is 2.00 bits per heavy atom. The Bertz CT molecular complexity index is 611. The van der Waals surface area contributed by atoms with E-state index in [4.69, 9.17) is 27.5 Å². The van der Waals surface area contributed by atoms with Crippen molar-refractivity contribution in [3.8, 4) is 5.75 Å². The number of amidine groups is 1. The Kier molecular flexibility index (Phi) is 4.07. The molecule has 0 fully saturated rings. The first-order valence-corrected chi connectivity index (χ1v) is 6.27. The van der Waals surface area contributed by atoms with Crippen molar-refractivity contribution in [2.45, 2.75) is 13.5 Å². The number of nitrogen functional groups attached to an aromatic ring is 1. The van der Waals surface area contributed by atoms with Crippen molar-refractivity contribution in [3.05, 3.63) is 64.2 Å². The molecule has 4 heteroatoms. The molecule has 3 nitrogen and oxygen atoms in total. The Morgan fingerprint density at radius 3 is 2.68 bits per heavy atom. The van der Waals surface area contributed by atoms with E-state index in [9.17, 15) is 0 Å². The van der Waals surface area contributed by atoms with Crippen molar-refractivity contribution in [3.63, 3.8) is 0 Å². The highest BCUT2D eigenvalue weighted by atomic mass is 35.5. The van der Waals surface area contributed by atoms with Gasteiger partial charge in [-0.1, -0.05) is 35.9 Å². The zero-order chi connectivity index (χ0) is 13.8. The van der Waals surface area contributed by atoms with Gasteiger partial charge in [-0.3, -0.25) is 5.41 Å². The van der Waals surface area contributed by atoms with Crippen LogP contribution in [0.1, 0.15) is 16.7 Å². The molecule has 0 saturated heterocycles.